The van der Waals surface area contributed by atoms with Crippen molar-refractivity contribution >= 4 is 5.91 Å². The van der Waals surface area contributed by atoms with Gasteiger partial charge in [-0.15, -0.1) is 0 Å². The number of nitrogens with zero attached hydrogens (tertiary/aromatic N) is 4. The highest BCUT2D eigenvalue weighted by atomic mass is 16.2. The number of amides is 1. The van der Waals surface area contributed by atoms with Gasteiger partial charge in [0.15, 0.2) is 0 Å². The number of rotatable bonds is 2. The van der Waals surface area contributed by atoms with Gasteiger partial charge in [0.1, 0.15) is 6.54 Å². The van der Waals surface area contributed by atoms with Crippen molar-refractivity contribution < 1.29 is 4.79 Å². The number of carbonyl (C=O) groups is 1. The van der Waals surface area contributed by atoms with Crippen LogP contribution in [-0.2, 0) is 11.3 Å². The molecular formula is C9H14N4O. The van der Waals surface area contributed by atoms with Crippen LogP contribution in [0.2, 0.25) is 0 Å². The van der Waals surface area contributed by atoms with Gasteiger partial charge in [-0.1, -0.05) is 6.92 Å². The van der Waals surface area contributed by atoms with E-state index >= 15 is 0 Å². The molecule has 0 spiro atoms. The molecule has 5 heteroatoms. The molecule has 1 aromatic heterocycles. The fourth-order valence-electron chi connectivity index (χ4n) is 1.71. The summed E-state index contributed by atoms with van der Waals surface area (Å²) in [5.74, 6) is 0.745. The fraction of sp³-hybridized carbons (Fsp3) is 0.667. The topological polar surface area (TPSA) is 51.0 Å². The Hall–Kier alpha value is -1.39. The summed E-state index contributed by atoms with van der Waals surface area (Å²) in [5.41, 5.74) is 0. The highest BCUT2D eigenvalue weighted by Crippen LogP contribution is 2.14. The minimum absolute atomic E-state index is 0.116. The molecule has 1 atom stereocenters. The van der Waals surface area contributed by atoms with Gasteiger partial charge < -0.3 is 4.90 Å². The summed E-state index contributed by atoms with van der Waals surface area (Å²) in [6.45, 7) is 4.18. The third-order valence-electron chi connectivity index (χ3n) is 2.52. The van der Waals surface area contributed by atoms with Crippen LogP contribution in [-0.4, -0.2) is 38.9 Å². The van der Waals surface area contributed by atoms with E-state index in [1.165, 1.54) is 4.80 Å². The second-order valence-corrected chi connectivity index (χ2v) is 3.79. The van der Waals surface area contributed by atoms with E-state index in [1.807, 2.05) is 4.90 Å². The lowest BCUT2D eigenvalue weighted by molar-refractivity contribution is -0.131. The van der Waals surface area contributed by atoms with Crippen LogP contribution in [0.3, 0.4) is 0 Å². The largest absolute Gasteiger partial charge is 0.341 e. The van der Waals surface area contributed by atoms with E-state index in [2.05, 4.69) is 17.1 Å². The molecule has 76 valence electrons. The molecule has 2 heterocycles. The Morgan fingerprint density at radius 3 is 2.79 bits per heavy atom. The van der Waals surface area contributed by atoms with E-state index in [4.69, 9.17) is 0 Å². The average molecular weight is 194 g/mol. The van der Waals surface area contributed by atoms with E-state index in [9.17, 15) is 4.79 Å². The SMILES string of the molecule is CC1CCN(C(=O)Cn2nccn2)C1. The number of hydrogen-bond acceptors (Lipinski definition) is 3. The Kier molecular flexibility index (Phi) is 2.47. The quantitative estimate of drug-likeness (QED) is 0.673. The molecule has 0 bridgehead atoms. The van der Waals surface area contributed by atoms with Gasteiger partial charge in [0, 0.05) is 13.1 Å². The van der Waals surface area contributed by atoms with Crippen LogP contribution >= 0.6 is 0 Å². The van der Waals surface area contributed by atoms with Gasteiger partial charge in [-0.25, -0.2) is 0 Å². The Morgan fingerprint density at radius 1 is 1.50 bits per heavy atom. The van der Waals surface area contributed by atoms with Crippen molar-refractivity contribution in [1.82, 2.24) is 19.9 Å². The fourth-order valence-corrected chi connectivity index (χ4v) is 1.71. The van der Waals surface area contributed by atoms with Crippen molar-refractivity contribution in [3.05, 3.63) is 12.4 Å². The monoisotopic (exact) mass is 194 g/mol. The Balaban J connectivity index is 1.90. The van der Waals surface area contributed by atoms with Gasteiger partial charge in [-0.2, -0.15) is 15.0 Å². The Labute approximate surface area is 82.7 Å². The molecule has 2 rings (SSSR count). The Morgan fingerprint density at radius 2 is 2.21 bits per heavy atom. The molecule has 0 aliphatic carbocycles. The first-order valence-electron chi connectivity index (χ1n) is 4.87. The molecule has 1 fully saturated rings. The predicted octanol–water partition coefficient (Wildman–Crippen LogP) is 0.146. The zero-order chi connectivity index (χ0) is 9.97. The van der Waals surface area contributed by atoms with Gasteiger partial charge in [0.05, 0.1) is 12.4 Å². The van der Waals surface area contributed by atoms with E-state index in [-0.39, 0.29) is 12.5 Å². The highest BCUT2D eigenvalue weighted by molar-refractivity contribution is 5.76. The Bertz CT molecular complexity index is 309. The van der Waals surface area contributed by atoms with Crippen molar-refractivity contribution in [3.63, 3.8) is 0 Å². The molecule has 1 amide bonds. The molecule has 1 aliphatic rings. The van der Waals surface area contributed by atoms with E-state index in [0.717, 1.165) is 19.5 Å². The van der Waals surface area contributed by atoms with Gasteiger partial charge in [-0.3, -0.25) is 4.79 Å². The summed E-state index contributed by atoms with van der Waals surface area (Å²) < 4.78 is 0. The normalized spacial score (nSPS) is 21.5. The summed E-state index contributed by atoms with van der Waals surface area (Å²) in [5, 5.41) is 7.81. The van der Waals surface area contributed by atoms with Crippen LogP contribution in [0.1, 0.15) is 13.3 Å². The van der Waals surface area contributed by atoms with Gasteiger partial charge in [-0.05, 0) is 12.3 Å². The zero-order valence-corrected chi connectivity index (χ0v) is 8.26. The molecule has 1 aromatic rings. The second-order valence-electron chi connectivity index (χ2n) is 3.79. The molecule has 14 heavy (non-hydrogen) atoms. The summed E-state index contributed by atoms with van der Waals surface area (Å²) in [6.07, 6.45) is 4.28. The van der Waals surface area contributed by atoms with Crippen LogP contribution in [0.25, 0.3) is 0 Å². The predicted molar refractivity (Wildman–Crippen MR) is 50.4 cm³/mol. The van der Waals surface area contributed by atoms with Gasteiger partial charge in [0.25, 0.3) is 0 Å². The molecule has 0 radical (unpaired) electrons. The van der Waals surface area contributed by atoms with Gasteiger partial charge in [0.2, 0.25) is 5.91 Å². The minimum atomic E-state index is 0.116. The van der Waals surface area contributed by atoms with Crippen molar-refractivity contribution in [2.24, 2.45) is 5.92 Å². The van der Waals surface area contributed by atoms with Crippen LogP contribution in [0, 0.1) is 5.92 Å². The smallest absolute Gasteiger partial charge is 0.246 e. The maximum atomic E-state index is 11.7. The molecular weight excluding hydrogens is 180 g/mol. The van der Waals surface area contributed by atoms with E-state index in [0.29, 0.717) is 5.92 Å². The summed E-state index contributed by atoms with van der Waals surface area (Å²) in [7, 11) is 0. The number of hydrogen-bond donors (Lipinski definition) is 0. The number of carbonyl (C=O) groups excluding carboxylic acids is 1. The first kappa shape index (κ1) is 9.18. The highest BCUT2D eigenvalue weighted by Gasteiger charge is 2.23. The molecule has 0 N–H and O–H groups in total. The van der Waals surface area contributed by atoms with Crippen molar-refractivity contribution in [2.75, 3.05) is 13.1 Å². The van der Waals surface area contributed by atoms with Gasteiger partial charge >= 0.3 is 0 Å². The van der Waals surface area contributed by atoms with Crippen molar-refractivity contribution in [3.8, 4) is 0 Å². The van der Waals surface area contributed by atoms with Crippen LogP contribution in [0.15, 0.2) is 12.4 Å². The second kappa shape index (κ2) is 3.77. The molecule has 0 saturated carbocycles. The first-order chi connectivity index (χ1) is 6.75. The van der Waals surface area contributed by atoms with E-state index < -0.39 is 0 Å². The molecule has 0 aromatic carbocycles. The summed E-state index contributed by atoms with van der Waals surface area (Å²) in [6, 6.07) is 0. The standard InChI is InChI=1S/C9H14N4O/c1-8-2-5-12(6-8)9(14)7-13-10-3-4-11-13/h3-4,8H,2,5-7H2,1H3. The van der Waals surface area contributed by atoms with Crippen LogP contribution < -0.4 is 0 Å². The van der Waals surface area contributed by atoms with Crippen molar-refractivity contribution in [1.29, 1.82) is 0 Å². The third kappa shape index (κ3) is 1.92. The maximum absolute atomic E-state index is 11.7. The number of aromatic nitrogens is 3. The maximum Gasteiger partial charge on any atom is 0.246 e. The van der Waals surface area contributed by atoms with Crippen LogP contribution in [0.4, 0.5) is 0 Å². The average Bonchev–Trinajstić information content (AvgIpc) is 2.75. The van der Waals surface area contributed by atoms with Crippen LogP contribution in [0.5, 0.6) is 0 Å². The zero-order valence-electron chi connectivity index (χ0n) is 8.26. The molecule has 1 unspecified atom stereocenters. The minimum Gasteiger partial charge on any atom is -0.341 e. The summed E-state index contributed by atoms with van der Waals surface area (Å²) >= 11 is 0. The lowest BCUT2D eigenvalue weighted by atomic mass is 10.2. The molecule has 5 nitrogen and oxygen atoms in total. The summed E-state index contributed by atoms with van der Waals surface area (Å²) in [4.78, 5) is 15.0. The lowest BCUT2D eigenvalue weighted by Crippen LogP contribution is -2.32. The molecule has 1 saturated heterocycles. The van der Waals surface area contributed by atoms with E-state index in [1.54, 1.807) is 12.4 Å². The lowest BCUT2D eigenvalue weighted by Gasteiger charge is -2.14. The first-order valence-corrected chi connectivity index (χ1v) is 4.87. The number of likely N-dealkylation sites (tertiary alicyclic amines) is 1. The third-order valence-corrected chi connectivity index (χ3v) is 2.52. The van der Waals surface area contributed by atoms with Crippen molar-refractivity contribution in [2.45, 2.75) is 19.9 Å². The molecule has 1 aliphatic heterocycles.